The SMILES string of the molecule is CC1(C)CCNc2ccc(C(F)(F)F)cc21. The molecular weight excluding hydrogens is 215 g/mol. The molecule has 1 aromatic carbocycles. The largest absolute Gasteiger partial charge is 0.416 e. The summed E-state index contributed by atoms with van der Waals surface area (Å²) in [6, 6.07) is 3.92. The molecule has 0 unspecified atom stereocenters. The Morgan fingerprint density at radius 1 is 1.25 bits per heavy atom. The molecule has 1 aliphatic rings. The topological polar surface area (TPSA) is 12.0 Å². The van der Waals surface area contributed by atoms with Crippen LogP contribution in [0, 0.1) is 0 Å². The normalized spacial score (nSPS) is 18.8. The third-order valence-corrected chi connectivity index (χ3v) is 3.14. The van der Waals surface area contributed by atoms with Crippen LogP contribution in [0.2, 0.25) is 0 Å². The van der Waals surface area contributed by atoms with Crippen molar-refractivity contribution in [1.29, 1.82) is 0 Å². The molecule has 0 amide bonds. The van der Waals surface area contributed by atoms with Crippen LogP contribution >= 0.6 is 0 Å². The summed E-state index contributed by atoms with van der Waals surface area (Å²) in [5.41, 5.74) is 0.822. The van der Waals surface area contributed by atoms with Crippen LogP contribution in [0.25, 0.3) is 0 Å². The minimum Gasteiger partial charge on any atom is -0.385 e. The molecule has 1 N–H and O–H groups in total. The maximum atomic E-state index is 12.6. The third-order valence-electron chi connectivity index (χ3n) is 3.14. The van der Waals surface area contributed by atoms with Gasteiger partial charge in [-0.25, -0.2) is 0 Å². The molecule has 0 fully saturated rings. The summed E-state index contributed by atoms with van der Waals surface area (Å²) < 4.78 is 37.8. The summed E-state index contributed by atoms with van der Waals surface area (Å²) in [7, 11) is 0. The van der Waals surface area contributed by atoms with Gasteiger partial charge in [-0.3, -0.25) is 0 Å². The number of alkyl halides is 3. The van der Waals surface area contributed by atoms with E-state index < -0.39 is 11.7 Å². The molecule has 0 saturated heterocycles. The first kappa shape index (κ1) is 11.3. The molecule has 0 spiro atoms. The van der Waals surface area contributed by atoms with Crippen LogP contribution in [-0.4, -0.2) is 6.54 Å². The second-order valence-corrected chi connectivity index (χ2v) is 4.82. The molecule has 2 rings (SSSR count). The smallest absolute Gasteiger partial charge is 0.385 e. The zero-order valence-electron chi connectivity index (χ0n) is 9.28. The first-order valence-electron chi connectivity index (χ1n) is 5.26. The van der Waals surface area contributed by atoms with Gasteiger partial charge in [0, 0.05) is 12.2 Å². The highest BCUT2D eigenvalue weighted by atomic mass is 19.4. The van der Waals surface area contributed by atoms with E-state index in [2.05, 4.69) is 5.32 Å². The van der Waals surface area contributed by atoms with E-state index in [-0.39, 0.29) is 5.41 Å². The van der Waals surface area contributed by atoms with E-state index in [4.69, 9.17) is 0 Å². The van der Waals surface area contributed by atoms with Gasteiger partial charge in [0.15, 0.2) is 0 Å². The predicted octanol–water partition coefficient (Wildman–Crippen LogP) is 3.80. The number of hydrogen-bond acceptors (Lipinski definition) is 1. The molecule has 1 aliphatic heterocycles. The molecule has 16 heavy (non-hydrogen) atoms. The van der Waals surface area contributed by atoms with Gasteiger partial charge in [0.1, 0.15) is 0 Å². The van der Waals surface area contributed by atoms with Crippen molar-refractivity contribution < 1.29 is 13.2 Å². The van der Waals surface area contributed by atoms with Crippen LogP contribution in [0.5, 0.6) is 0 Å². The molecular formula is C12H14F3N. The lowest BCUT2D eigenvalue weighted by Crippen LogP contribution is -2.28. The number of nitrogens with one attached hydrogen (secondary N) is 1. The number of halogens is 3. The fourth-order valence-electron chi connectivity index (χ4n) is 2.08. The number of hydrogen-bond donors (Lipinski definition) is 1. The molecule has 0 aromatic heterocycles. The lowest BCUT2D eigenvalue weighted by atomic mass is 9.78. The highest BCUT2D eigenvalue weighted by Gasteiger charge is 2.34. The van der Waals surface area contributed by atoms with E-state index in [9.17, 15) is 13.2 Å². The van der Waals surface area contributed by atoms with E-state index in [0.717, 1.165) is 30.3 Å². The van der Waals surface area contributed by atoms with E-state index in [0.29, 0.717) is 0 Å². The average Bonchev–Trinajstić information content (AvgIpc) is 2.15. The summed E-state index contributed by atoms with van der Waals surface area (Å²) in [5.74, 6) is 0. The van der Waals surface area contributed by atoms with E-state index in [1.807, 2.05) is 13.8 Å². The lowest BCUT2D eigenvalue weighted by molar-refractivity contribution is -0.137. The molecule has 1 heterocycles. The highest BCUT2D eigenvalue weighted by molar-refractivity contribution is 5.58. The Labute approximate surface area is 92.7 Å². The van der Waals surface area contributed by atoms with Crippen molar-refractivity contribution in [1.82, 2.24) is 0 Å². The van der Waals surface area contributed by atoms with E-state index in [1.165, 1.54) is 12.1 Å². The standard InChI is InChI=1S/C12H14F3N/c1-11(2)5-6-16-10-4-3-8(7-9(10)11)12(13,14)15/h3-4,7,16H,5-6H2,1-2H3. The Hall–Kier alpha value is -1.19. The zero-order chi connectivity index (χ0) is 12.0. The zero-order valence-corrected chi connectivity index (χ0v) is 9.28. The van der Waals surface area contributed by atoms with Crippen molar-refractivity contribution in [2.75, 3.05) is 11.9 Å². The van der Waals surface area contributed by atoms with Gasteiger partial charge in [-0.05, 0) is 35.6 Å². The molecule has 1 nitrogen and oxygen atoms in total. The van der Waals surface area contributed by atoms with Gasteiger partial charge < -0.3 is 5.32 Å². The second kappa shape index (κ2) is 3.40. The van der Waals surface area contributed by atoms with Crippen molar-refractivity contribution in [3.05, 3.63) is 29.3 Å². The van der Waals surface area contributed by atoms with Gasteiger partial charge in [0.05, 0.1) is 5.56 Å². The highest BCUT2D eigenvalue weighted by Crippen LogP contribution is 2.40. The summed E-state index contributed by atoms with van der Waals surface area (Å²) in [4.78, 5) is 0. The Bertz CT molecular complexity index is 407. The Morgan fingerprint density at radius 2 is 1.94 bits per heavy atom. The molecule has 0 radical (unpaired) electrons. The summed E-state index contributed by atoms with van der Waals surface area (Å²) in [6.07, 6.45) is -3.41. The number of rotatable bonds is 0. The fourth-order valence-corrected chi connectivity index (χ4v) is 2.08. The third kappa shape index (κ3) is 1.88. The molecule has 0 bridgehead atoms. The molecule has 0 aliphatic carbocycles. The quantitative estimate of drug-likeness (QED) is 0.713. The van der Waals surface area contributed by atoms with Crippen LogP contribution in [0.4, 0.5) is 18.9 Å². The van der Waals surface area contributed by atoms with Crippen molar-refractivity contribution in [3.8, 4) is 0 Å². The van der Waals surface area contributed by atoms with Crippen LogP contribution in [0.3, 0.4) is 0 Å². The Morgan fingerprint density at radius 3 is 2.56 bits per heavy atom. The predicted molar refractivity (Wildman–Crippen MR) is 57.6 cm³/mol. The molecule has 0 atom stereocenters. The van der Waals surface area contributed by atoms with Gasteiger partial charge in [0.25, 0.3) is 0 Å². The summed E-state index contributed by atoms with van der Waals surface area (Å²) >= 11 is 0. The van der Waals surface area contributed by atoms with Crippen molar-refractivity contribution in [3.63, 3.8) is 0 Å². The maximum Gasteiger partial charge on any atom is 0.416 e. The van der Waals surface area contributed by atoms with Crippen molar-refractivity contribution in [2.24, 2.45) is 0 Å². The van der Waals surface area contributed by atoms with E-state index in [1.54, 1.807) is 0 Å². The fraction of sp³-hybridized carbons (Fsp3) is 0.500. The Balaban J connectivity index is 2.52. The monoisotopic (exact) mass is 229 g/mol. The van der Waals surface area contributed by atoms with Crippen molar-refractivity contribution in [2.45, 2.75) is 31.9 Å². The second-order valence-electron chi connectivity index (χ2n) is 4.82. The average molecular weight is 229 g/mol. The van der Waals surface area contributed by atoms with Gasteiger partial charge in [-0.1, -0.05) is 13.8 Å². The van der Waals surface area contributed by atoms with Crippen LogP contribution in [0.15, 0.2) is 18.2 Å². The first-order valence-corrected chi connectivity index (χ1v) is 5.26. The Kier molecular flexibility index (Phi) is 2.40. The van der Waals surface area contributed by atoms with Crippen LogP contribution in [0.1, 0.15) is 31.4 Å². The van der Waals surface area contributed by atoms with Gasteiger partial charge >= 0.3 is 6.18 Å². The van der Waals surface area contributed by atoms with Gasteiger partial charge in [-0.2, -0.15) is 13.2 Å². The number of benzene rings is 1. The van der Waals surface area contributed by atoms with Crippen molar-refractivity contribution >= 4 is 5.69 Å². The van der Waals surface area contributed by atoms with Crippen LogP contribution in [-0.2, 0) is 11.6 Å². The summed E-state index contributed by atoms with van der Waals surface area (Å²) in [6.45, 7) is 4.77. The van der Waals surface area contributed by atoms with Crippen LogP contribution < -0.4 is 5.32 Å². The summed E-state index contributed by atoms with van der Waals surface area (Å²) in [5, 5.41) is 3.13. The van der Waals surface area contributed by atoms with Gasteiger partial charge in [0.2, 0.25) is 0 Å². The molecule has 88 valence electrons. The first-order chi connectivity index (χ1) is 7.31. The number of anilines is 1. The molecule has 1 aromatic rings. The maximum absolute atomic E-state index is 12.6. The minimum atomic E-state index is -4.26. The minimum absolute atomic E-state index is 0.193. The lowest BCUT2D eigenvalue weighted by Gasteiger charge is -2.33. The molecule has 0 saturated carbocycles. The number of fused-ring (bicyclic) bond motifs is 1. The van der Waals surface area contributed by atoms with Gasteiger partial charge in [-0.15, -0.1) is 0 Å². The molecule has 4 heteroatoms. The van der Waals surface area contributed by atoms with E-state index >= 15 is 0 Å².